The minimum atomic E-state index is 0.302. The van der Waals surface area contributed by atoms with Gasteiger partial charge in [0.2, 0.25) is 0 Å². The Bertz CT molecular complexity index is 687. The molecule has 0 aliphatic carbocycles. The molecule has 0 spiro atoms. The molecule has 106 valence electrons. The summed E-state index contributed by atoms with van der Waals surface area (Å²) >= 11 is 0. The van der Waals surface area contributed by atoms with Gasteiger partial charge in [-0.3, -0.25) is 0 Å². The van der Waals surface area contributed by atoms with Gasteiger partial charge in [-0.05, 0) is 17.7 Å². The maximum absolute atomic E-state index is 9.88. The van der Waals surface area contributed by atoms with Crippen molar-refractivity contribution < 1.29 is 5.11 Å². The van der Waals surface area contributed by atoms with Crippen molar-refractivity contribution in [1.29, 1.82) is 0 Å². The molecule has 21 heavy (non-hydrogen) atoms. The van der Waals surface area contributed by atoms with Crippen molar-refractivity contribution in [3.63, 3.8) is 0 Å². The number of benzene rings is 2. The summed E-state index contributed by atoms with van der Waals surface area (Å²) in [7, 11) is 0. The molecule has 0 fully saturated rings. The molecular weight excluding hydrogens is 262 g/mol. The first kappa shape index (κ1) is 13.2. The van der Waals surface area contributed by atoms with Crippen molar-refractivity contribution in [3.8, 4) is 5.75 Å². The number of nitrogens with two attached hydrogens (primary N) is 1. The Morgan fingerprint density at radius 1 is 1.00 bits per heavy atom. The van der Waals surface area contributed by atoms with Gasteiger partial charge in [-0.25, -0.2) is 4.98 Å². The van der Waals surface area contributed by atoms with Crippen LogP contribution in [0.4, 0.5) is 5.69 Å². The van der Waals surface area contributed by atoms with E-state index in [1.165, 1.54) is 0 Å². The van der Waals surface area contributed by atoms with Crippen molar-refractivity contribution in [2.75, 3.05) is 5.73 Å². The largest absolute Gasteiger partial charge is 0.508 e. The van der Waals surface area contributed by atoms with Gasteiger partial charge in [0.15, 0.2) is 0 Å². The number of rotatable bonds is 4. The zero-order valence-electron chi connectivity index (χ0n) is 11.6. The molecule has 0 aliphatic rings. The van der Waals surface area contributed by atoms with Gasteiger partial charge in [-0.15, -0.1) is 0 Å². The average molecular weight is 279 g/mol. The second kappa shape index (κ2) is 5.71. The van der Waals surface area contributed by atoms with E-state index in [1.54, 1.807) is 12.3 Å². The van der Waals surface area contributed by atoms with Gasteiger partial charge >= 0.3 is 0 Å². The molecule has 1 aromatic heterocycles. The predicted octanol–water partition coefficient (Wildman–Crippen LogP) is 2.81. The fourth-order valence-electron chi connectivity index (χ4n) is 2.34. The number of hydrogen-bond donors (Lipinski definition) is 2. The summed E-state index contributed by atoms with van der Waals surface area (Å²) in [5.74, 6) is 1.23. The monoisotopic (exact) mass is 279 g/mol. The minimum Gasteiger partial charge on any atom is -0.508 e. The minimum absolute atomic E-state index is 0.302. The fourth-order valence-corrected chi connectivity index (χ4v) is 2.34. The Morgan fingerprint density at radius 3 is 2.48 bits per heavy atom. The molecule has 3 aromatic rings. The van der Waals surface area contributed by atoms with Crippen LogP contribution in [0, 0.1) is 0 Å². The summed E-state index contributed by atoms with van der Waals surface area (Å²) in [6.07, 6.45) is 4.36. The van der Waals surface area contributed by atoms with E-state index in [4.69, 9.17) is 5.73 Å². The van der Waals surface area contributed by atoms with E-state index in [9.17, 15) is 5.11 Å². The van der Waals surface area contributed by atoms with Gasteiger partial charge in [0.1, 0.15) is 11.6 Å². The van der Waals surface area contributed by atoms with Gasteiger partial charge in [-0.2, -0.15) is 0 Å². The fraction of sp³-hybridized carbons (Fsp3) is 0.118. The van der Waals surface area contributed by atoms with Crippen LogP contribution < -0.4 is 5.73 Å². The molecule has 4 nitrogen and oxygen atoms in total. The second-order valence-corrected chi connectivity index (χ2v) is 4.98. The number of nitrogen functional groups attached to an aromatic ring is 1. The predicted molar refractivity (Wildman–Crippen MR) is 83.1 cm³/mol. The van der Waals surface area contributed by atoms with Crippen LogP contribution in [0.2, 0.25) is 0 Å². The molecule has 3 N–H and O–H groups in total. The molecule has 0 atom stereocenters. The van der Waals surface area contributed by atoms with Gasteiger partial charge < -0.3 is 15.4 Å². The van der Waals surface area contributed by atoms with Crippen molar-refractivity contribution in [2.24, 2.45) is 0 Å². The number of hydrogen-bond acceptors (Lipinski definition) is 3. The first-order valence-electron chi connectivity index (χ1n) is 6.84. The van der Waals surface area contributed by atoms with E-state index in [2.05, 4.69) is 4.98 Å². The van der Waals surface area contributed by atoms with E-state index in [0.29, 0.717) is 18.7 Å². The molecule has 3 rings (SSSR count). The lowest BCUT2D eigenvalue weighted by atomic mass is 10.1. The number of anilines is 1. The Hall–Kier alpha value is -2.75. The molecule has 0 bridgehead atoms. The van der Waals surface area contributed by atoms with E-state index in [0.717, 1.165) is 22.6 Å². The Morgan fingerprint density at radius 2 is 1.71 bits per heavy atom. The van der Waals surface area contributed by atoms with Gasteiger partial charge in [0, 0.05) is 30.1 Å². The first-order chi connectivity index (χ1) is 10.2. The molecule has 0 aliphatic heterocycles. The normalized spacial score (nSPS) is 10.7. The second-order valence-electron chi connectivity index (χ2n) is 4.98. The average Bonchev–Trinajstić information content (AvgIpc) is 2.91. The number of phenols is 1. The lowest BCUT2D eigenvalue weighted by Crippen LogP contribution is -2.06. The summed E-state index contributed by atoms with van der Waals surface area (Å²) in [5.41, 5.74) is 8.69. The quantitative estimate of drug-likeness (QED) is 0.722. The van der Waals surface area contributed by atoms with Crippen LogP contribution in [0.15, 0.2) is 60.9 Å². The SMILES string of the molecule is Nc1ccccc1Cc1nccn1Cc1ccccc1O. The van der Waals surface area contributed by atoms with Crippen LogP contribution in [0.25, 0.3) is 0 Å². The molecule has 1 heterocycles. The van der Waals surface area contributed by atoms with Gasteiger partial charge in [0.25, 0.3) is 0 Å². The number of nitrogens with zero attached hydrogens (tertiary/aromatic N) is 2. The highest BCUT2D eigenvalue weighted by molar-refractivity contribution is 5.47. The third kappa shape index (κ3) is 2.89. The van der Waals surface area contributed by atoms with Crippen molar-refractivity contribution in [3.05, 3.63) is 77.9 Å². The van der Waals surface area contributed by atoms with Crippen molar-refractivity contribution in [1.82, 2.24) is 9.55 Å². The first-order valence-corrected chi connectivity index (χ1v) is 6.84. The number of imidazole rings is 1. The number of phenolic OH excluding ortho intramolecular Hbond substituents is 1. The smallest absolute Gasteiger partial charge is 0.120 e. The highest BCUT2D eigenvalue weighted by Crippen LogP contribution is 2.19. The molecule has 4 heteroatoms. The van der Waals surface area contributed by atoms with Gasteiger partial charge in [0.05, 0.1) is 6.54 Å². The summed E-state index contributed by atoms with van der Waals surface area (Å²) in [6.45, 7) is 0.592. The highest BCUT2D eigenvalue weighted by Gasteiger charge is 2.08. The van der Waals surface area contributed by atoms with Crippen LogP contribution in [0.5, 0.6) is 5.75 Å². The van der Waals surface area contributed by atoms with Crippen LogP contribution in [0.3, 0.4) is 0 Å². The standard InChI is InChI=1S/C17H17N3O/c18-15-7-3-1-5-13(15)11-17-19-9-10-20(17)12-14-6-2-4-8-16(14)21/h1-10,21H,11-12,18H2. The number of para-hydroxylation sites is 2. The zero-order chi connectivity index (χ0) is 14.7. The Balaban J connectivity index is 1.85. The molecule has 2 aromatic carbocycles. The Kier molecular flexibility index (Phi) is 3.60. The highest BCUT2D eigenvalue weighted by atomic mass is 16.3. The maximum Gasteiger partial charge on any atom is 0.120 e. The van der Waals surface area contributed by atoms with E-state index in [1.807, 2.05) is 53.2 Å². The summed E-state index contributed by atoms with van der Waals surface area (Å²) < 4.78 is 2.03. The van der Waals surface area contributed by atoms with Crippen LogP contribution in [-0.2, 0) is 13.0 Å². The molecular formula is C17H17N3O. The van der Waals surface area contributed by atoms with Crippen LogP contribution in [-0.4, -0.2) is 14.7 Å². The summed E-state index contributed by atoms with van der Waals surface area (Å²) in [5, 5.41) is 9.88. The van der Waals surface area contributed by atoms with Crippen molar-refractivity contribution in [2.45, 2.75) is 13.0 Å². The topological polar surface area (TPSA) is 64.1 Å². The van der Waals surface area contributed by atoms with Crippen LogP contribution in [0.1, 0.15) is 17.0 Å². The maximum atomic E-state index is 9.88. The lowest BCUT2D eigenvalue weighted by Gasteiger charge is -2.10. The number of aromatic nitrogens is 2. The van der Waals surface area contributed by atoms with E-state index >= 15 is 0 Å². The van der Waals surface area contributed by atoms with Crippen molar-refractivity contribution >= 4 is 5.69 Å². The zero-order valence-corrected chi connectivity index (χ0v) is 11.6. The molecule has 0 saturated heterocycles. The molecule has 0 unspecified atom stereocenters. The number of aromatic hydroxyl groups is 1. The summed E-state index contributed by atoms with van der Waals surface area (Å²) in [4.78, 5) is 4.40. The van der Waals surface area contributed by atoms with Gasteiger partial charge in [-0.1, -0.05) is 36.4 Å². The molecule has 0 saturated carbocycles. The molecule has 0 radical (unpaired) electrons. The third-order valence-electron chi connectivity index (χ3n) is 3.54. The summed E-state index contributed by atoms with van der Waals surface area (Å²) in [6, 6.07) is 15.1. The van der Waals surface area contributed by atoms with E-state index < -0.39 is 0 Å². The third-order valence-corrected chi connectivity index (χ3v) is 3.54. The van der Waals surface area contributed by atoms with Crippen LogP contribution >= 0.6 is 0 Å². The Labute approximate surface area is 123 Å². The lowest BCUT2D eigenvalue weighted by molar-refractivity contribution is 0.465. The van der Waals surface area contributed by atoms with E-state index in [-0.39, 0.29) is 0 Å². The molecule has 0 amide bonds.